The van der Waals surface area contributed by atoms with Crippen LogP contribution in [-0.4, -0.2) is 10.2 Å². The zero-order valence-corrected chi connectivity index (χ0v) is 18.5. The Hall–Kier alpha value is -2.34. The number of thiocarbonyl (C=S) groups is 1. The Morgan fingerprint density at radius 1 is 0.897 bits per heavy atom. The number of aryl methyl sites for hydroxylation is 2. The van der Waals surface area contributed by atoms with Crippen molar-refractivity contribution < 1.29 is 4.79 Å². The van der Waals surface area contributed by atoms with Crippen molar-refractivity contribution in [2.24, 2.45) is 0 Å². The van der Waals surface area contributed by atoms with Crippen LogP contribution in [0.4, 0.5) is 5.69 Å². The SMILES string of the molecule is Cc1ccc(Sc2ccc(/C=C3\SC(=S)N(c4ccccc4C)C3=O)cc2)cc1. The highest BCUT2D eigenvalue weighted by atomic mass is 32.2. The summed E-state index contributed by atoms with van der Waals surface area (Å²) in [6.07, 6.45) is 1.91. The van der Waals surface area contributed by atoms with Gasteiger partial charge in [-0.3, -0.25) is 9.69 Å². The highest BCUT2D eigenvalue weighted by molar-refractivity contribution is 8.27. The summed E-state index contributed by atoms with van der Waals surface area (Å²) in [5.41, 5.74) is 4.13. The monoisotopic (exact) mass is 433 g/mol. The summed E-state index contributed by atoms with van der Waals surface area (Å²) in [7, 11) is 0. The summed E-state index contributed by atoms with van der Waals surface area (Å²) in [6.45, 7) is 4.08. The Morgan fingerprint density at radius 2 is 1.52 bits per heavy atom. The van der Waals surface area contributed by atoms with Crippen LogP contribution in [0.5, 0.6) is 0 Å². The summed E-state index contributed by atoms with van der Waals surface area (Å²) >= 11 is 8.56. The molecule has 0 saturated carbocycles. The third-order valence-electron chi connectivity index (χ3n) is 4.58. The van der Waals surface area contributed by atoms with Crippen LogP contribution in [0.1, 0.15) is 16.7 Å². The average Bonchev–Trinajstić information content (AvgIpc) is 2.99. The fourth-order valence-corrected chi connectivity index (χ4v) is 5.12. The predicted octanol–water partition coefficient (Wildman–Crippen LogP) is 6.86. The minimum absolute atomic E-state index is 0.0626. The molecule has 5 heteroatoms. The number of benzene rings is 3. The molecule has 0 aliphatic carbocycles. The van der Waals surface area contributed by atoms with E-state index < -0.39 is 0 Å². The van der Waals surface area contributed by atoms with E-state index in [9.17, 15) is 4.79 Å². The van der Waals surface area contributed by atoms with E-state index in [1.165, 1.54) is 27.1 Å². The van der Waals surface area contributed by atoms with Gasteiger partial charge in [-0.1, -0.05) is 83.8 Å². The quantitative estimate of drug-likeness (QED) is 0.331. The number of hydrogen-bond acceptors (Lipinski definition) is 4. The summed E-state index contributed by atoms with van der Waals surface area (Å²) in [5.74, 6) is -0.0626. The van der Waals surface area contributed by atoms with E-state index in [1.807, 2.05) is 49.4 Å². The lowest BCUT2D eigenvalue weighted by Gasteiger charge is -2.16. The second-order valence-electron chi connectivity index (χ2n) is 6.79. The van der Waals surface area contributed by atoms with Gasteiger partial charge in [0.15, 0.2) is 4.32 Å². The van der Waals surface area contributed by atoms with E-state index in [-0.39, 0.29) is 5.91 Å². The number of para-hydroxylation sites is 1. The Bertz CT molecular complexity index is 1100. The molecule has 1 aliphatic rings. The van der Waals surface area contributed by atoms with Crippen molar-refractivity contribution in [3.8, 4) is 0 Å². The average molecular weight is 434 g/mol. The topological polar surface area (TPSA) is 20.3 Å². The molecule has 1 saturated heterocycles. The Kier molecular flexibility index (Phi) is 5.90. The van der Waals surface area contributed by atoms with Crippen molar-refractivity contribution >= 4 is 57.7 Å². The molecule has 2 nitrogen and oxygen atoms in total. The first kappa shape index (κ1) is 20.0. The molecular weight excluding hydrogens is 414 g/mol. The molecule has 0 unspecified atom stereocenters. The maximum Gasteiger partial charge on any atom is 0.270 e. The van der Waals surface area contributed by atoms with E-state index in [2.05, 4.69) is 43.3 Å². The van der Waals surface area contributed by atoms with Crippen molar-refractivity contribution in [3.05, 3.63) is 94.4 Å². The molecule has 0 aromatic heterocycles. The first-order chi connectivity index (χ1) is 14.0. The Labute approximate surface area is 185 Å². The minimum Gasteiger partial charge on any atom is -0.268 e. The van der Waals surface area contributed by atoms with E-state index in [0.717, 1.165) is 16.8 Å². The lowest BCUT2D eigenvalue weighted by atomic mass is 10.1. The lowest BCUT2D eigenvalue weighted by Crippen LogP contribution is -2.28. The molecule has 0 radical (unpaired) electrons. The zero-order valence-electron chi connectivity index (χ0n) is 16.1. The van der Waals surface area contributed by atoms with Gasteiger partial charge in [-0.25, -0.2) is 0 Å². The second kappa shape index (κ2) is 8.57. The first-order valence-corrected chi connectivity index (χ1v) is 11.2. The number of carbonyl (C=O) groups excluding carboxylic acids is 1. The van der Waals surface area contributed by atoms with Crippen LogP contribution in [0.25, 0.3) is 6.08 Å². The van der Waals surface area contributed by atoms with Gasteiger partial charge in [0.05, 0.1) is 10.6 Å². The van der Waals surface area contributed by atoms with Crippen molar-refractivity contribution in [1.29, 1.82) is 0 Å². The molecule has 0 atom stereocenters. The molecule has 3 aromatic carbocycles. The molecule has 1 amide bonds. The van der Waals surface area contributed by atoms with Crippen molar-refractivity contribution in [2.45, 2.75) is 23.6 Å². The Balaban J connectivity index is 1.52. The molecule has 0 N–H and O–H groups in total. The molecule has 4 rings (SSSR count). The largest absolute Gasteiger partial charge is 0.270 e. The Morgan fingerprint density at radius 3 is 2.17 bits per heavy atom. The van der Waals surface area contributed by atoms with Crippen molar-refractivity contribution in [1.82, 2.24) is 0 Å². The predicted molar refractivity (Wildman–Crippen MR) is 129 cm³/mol. The summed E-state index contributed by atoms with van der Waals surface area (Å²) < 4.78 is 0.571. The van der Waals surface area contributed by atoms with Crippen molar-refractivity contribution in [3.63, 3.8) is 0 Å². The maximum absolute atomic E-state index is 13.0. The number of thioether (sulfide) groups is 1. The number of rotatable bonds is 4. The third kappa shape index (κ3) is 4.47. The van der Waals surface area contributed by atoms with Gasteiger partial charge in [0.1, 0.15) is 0 Å². The van der Waals surface area contributed by atoms with Gasteiger partial charge in [-0.05, 0) is 61.4 Å². The van der Waals surface area contributed by atoms with Gasteiger partial charge in [0.2, 0.25) is 0 Å². The molecule has 3 aromatic rings. The van der Waals surface area contributed by atoms with Crippen LogP contribution in [0.3, 0.4) is 0 Å². The van der Waals surface area contributed by atoms with E-state index in [4.69, 9.17) is 12.2 Å². The van der Waals surface area contributed by atoms with E-state index in [0.29, 0.717) is 9.23 Å². The van der Waals surface area contributed by atoms with Gasteiger partial charge in [0.25, 0.3) is 5.91 Å². The molecule has 1 aliphatic heterocycles. The maximum atomic E-state index is 13.0. The number of hydrogen-bond donors (Lipinski definition) is 0. The highest BCUT2D eigenvalue weighted by Crippen LogP contribution is 2.37. The number of nitrogens with zero attached hydrogens (tertiary/aromatic N) is 1. The molecule has 0 bridgehead atoms. The van der Waals surface area contributed by atoms with Crippen LogP contribution in [0, 0.1) is 13.8 Å². The van der Waals surface area contributed by atoms with Crippen LogP contribution in [-0.2, 0) is 4.79 Å². The highest BCUT2D eigenvalue weighted by Gasteiger charge is 2.33. The molecule has 29 heavy (non-hydrogen) atoms. The number of anilines is 1. The lowest BCUT2D eigenvalue weighted by molar-refractivity contribution is -0.113. The third-order valence-corrected chi connectivity index (χ3v) is 6.90. The van der Waals surface area contributed by atoms with Crippen LogP contribution >= 0.6 is 35.7 Å². The standard InChI is InChI=1S/C24H19NOS3/c1-16-7-11-19(12-8-16)28-20-13-9-18(10-14-20)15-22-23(26)25(24(27)29-22)21-6-4-3-5-17(21)2/h3-15H,1-2H3/b22-15-. The van der Waals surface area contributed by atoms with E-state index >= 15 is 0 Å². The van der Waals surface area contributed by atoms with Crippen LogP contribution in [0.2, 0.25) is 0 Å². The zero-order chi connectivity index (χ0) is 20.4. The normalized spacial score (nSPS) is 15.4. The number of amides is 1. The minimum atomic E-state index is -0.0626. The van der Waals surface area contributed by atoms with Crippen LogP contribution < -0.4 is 4.90 Å². The fraction of sp³-hybridized carbons (Fsp3) is 0.0833. The fourth-order valence-electron chi connectivity index (χ4n) is 3.02. The molecule has 1 fully saturated rings. The molecular formula is C24H19NOS3. The number of carbonyl (C=O) groups is 1. The summed E-state index contributed by atoms with van der Waals surface area (Å²) in [4.78, 5) is 17.6. The molecule has 0 spiro atoms. The first-order valence-electron chi connectivity index (χ1n) is 9.19. The van der Waals surface area contributed by atoms with Crippen molar-refractivity contribution in [2.75, 3.05) is 4.90 Å². The smallest absolute Gasteiger partial charge is 0.268 e. The van der Waals surface area contributed by atoms with Gasteiger partial charge >= 0.3 is 0 Å². The molecule has 1 heterocycles. The van der Waals surface area contributed by atoms with Gasteiger partial charge in [-0.2, -0.15) is 0 Å². The molecule has 144 valence electrons. The second-order valence-corrected chi connectivity index (χ2v) is 9.61. The van der Waals surface area contributed by atoms with Gasteiger partial charge in [-0.15, -0.1) is 0 Å². The van der Waals surface area contributed by atoms with Gasteiger partial charge in [0, 0.05) is 9.79 Å². The summed E-state index contributed by atoms with van der Waals surface area (Å²) in [6, 6.07) is 24.5. The summed E-state index contributed by atoms with van der Waals surface area (Å²) in [5, 5.41) is 0. The van der Waals surface area contributed by atoms with E-state index in [1.54, 1.807) is 16.7 Å². The van der Waals surface area contributed by atoms with Gasteiger partial charge < -0.3 is 0 Å². The van der Waals surface area contributed by atoms with Crippen LogP contribution in [0.15, 0.2) is 87.5 Å².